The molecule has 2 unspecified atom stereocenters. The van der Waals surface area contributed by atoms with Gasteiger partial charge in [0.1, 0.15) is 19.4 Å². The van der Waals surface area contributed by atoms with Gasteiger partial charge in [-0.3, -0.25) is 0 Å². The summed E-state index contributed by atoms with van der Waals surface area (Å²) in [6.07, 6.45) is 5.53. The molecule has 0 aliphatic carbocycles. The highest BCUT2D eigenvalue weighted by Crippen LogP contribution is 2.36. The summed E-state index contributed by atoms with van der Waals surface area (Å²) in [4.78, 5) is 4.12. The average molecular weight is 378 g/mol. The molecule has 0 saturated carbocycles. The monoisotopic (exact) mass is 377 g/mol. The molecule has 0 amide bonds. The molecule has 1 aromatic carbocycles. The second-order valence-corrected chi connectivity index (χ2v) is 7.22. The van der Waals surface area contributed by atoms with Crippen LogP contribution < -0.4 is 0 Å². The summed E-state index contributed by atoms with van der Waals surface area (Å²) in [6, 6.07) is 7.75. The second-order valence-electron chi connectivity index (χ2n) is 6.78. The van der Waals surface area contributed by atoms with Crippen molar-refractivity contribution < 1.29 is 14.2 Å². The Balaban J connectivity index is 1.92. The molecule has 1 aromatic heterocycles. The van der Waals surface area contributed by atoms with Crippen molar-refractivity contribution in [1.29, 1.82) is 0 Å². The van der Waals surface area contributed by atoms with Gasteiger partial charge in [-0.2, -0.15) is 5.10 Å². The molecule has 7 heteroatoms. The third-order valence-electron chi connectivity index (χ3n) is 4.59. The first-order valence-electron chi connectivity index (χ1n) is 8.59. The molecular formula is C19H24ClN3O3. The first-order chi connectivity index (χ1) is 12.6. The minimum absolute atomic E-state index is 0.0751. The van der Waals surface area contributed by atoms with Gasteiger partial charge in [-0.15, -0.1) is 6.58 Å². The molecule has 1 fully saturated rings. The van der Waals surface area contributed by atoms with Gasteiger partial charge >= 0.3 is 0 Å². The zero-order valence-corrected chi connectivity index (χ0v) is 15.6. The maximum absolute atomic E-state index is 6.22. The van der Waals surface area contributed by atoms with Crippen molar-refractivity contribution in [3.8, 4) is 0 Å². The molecule has 0 spiro atoms. The van der Waals surface area contributed by atoms with Crippen molar-refractivity contribution in [3.05, 3.63) is 60.2 Å². The molecule has 1 aliphatic heterocycles. The highest BCUT2D eigenvalue weighted by molar-refractivity contribution is 6.30. The summed E-state index contributed by atoms with van der Waals surface area (Å²) >= 11 is 6.03. The normalized spacial score (nSPS) is 19.0. The van der Waals surface area contributed by atoms with Gasteiger partial charge in [0.25, 0.3) is 0 Å². The van der Waals surface area contributed by atoms with E-state index in [1.54, 1.807) is 12.4 Å². The number of aromatic nitrogens is 3. The zero-order valence-electron chi connectivity index (χ0n) is 14.9. The number of ether oxygens (including phenoxy) is 3. The maximum Gasteiger partial charge on any atom is 0.146 e. The minimum atomic E-state index is -0.315. The van der Waals surface area contributed by atoms with Crippen LogP contribution in [0.1, 0.15) is 18.5 Å². The lowest BCUT2D eigenvalue weighted by atomic mass is 9.79. The lowest BCUT2D eigenvalue weighted by Crippen LogP contribution is -2.50. The smallest absolute Gasteiger partial charge is 0.146 e. The first kappa shape index (κ1) is 19.0. The summed E-state index contributed by atoms with van der Waals surface area (Å²) in [5.41, 5.74) is 0.827. The van der Waals surface area contributed by atoms with Gasteiger partial charge in [-0.25, -0.2) is 9.67 Å². The van der Waals surface area contributed by atoms with Crippen LogP contribution in [0.25, 0.3) is 0 Å². The molecule has 1 saturated heterocycles. The van der Waals surface area contributed by atoms with E-state index in [4.69, 9.17) is 25.8 Å². The van der Waals surface area contributed by atoms with Crippen molar-refractivity contribution in [1.82, 2.24) is 14.8 Å². The molecule has 1 aliphatic rings. The first-order valence-corrected chi connectivity index (χ1v) is 8.97. The van der Waals surface area contributed by atoms with Crippen molar-refractivity contribution in [2.75, 3.05) is 26.6 Å². The average Bonchev–Trinajstić information content (AvgIpc) is 3.17. The molecular weight excluding hydrogens is 354 g/mol. The predicted molar refractivity (Wildman–Crippen MR) is 99.0 cm³/mol. The van der Waals surface area contributed by atoms with Crippen LogP contribution in [0.5, 0.6) is 0 Å². The Morgan fingerprint density at radius 3 is 2.69 bits per heavy atom. The van der Waals surface area contributed by atoms with Gasteiger partial charge in [0.15, 0.2) is 0 Å². The maximum atomic E-state index is 6.22. The van der Waals surface area contributed by atoms with E-state index in [1.807, 2.05) is 28.9 Å². The Kier molecular flexibility index (Phi) is 6.43. The van der Waals surface area contributed by atoms with Crippen LogP contribution in [0.2, 0.25) is 5.02 Å². The van der Waals surface area contributed by atoms with Crippen LogP contribution in [0.4, 0.5) is 0 Å². The Morgan fingerprint density at radius 1 is 1.35 bits per heavy atom. The standard InChI is InChI=1S/C19H24ClN3O3/c1-3-8-26-18(19(2)10-24-14-25-11-19)17(23-13-21-12-22-23)9-15-4-6-16(20)7-5-15/h3-7,12-13,17-18H,1,8-11,14H2,2H3. The van der Waals surface area contributed by atoms with E-state index in [2.05, 4.69) is 23.6 Å². The lowest BCUT2D eigenvalue weighted by Gasteiger charge is -2.43. The molecule has 2 heterocycles. The molecule has 0 bridgehead atoms. The van der Waals surface area contributed by atoms with Crippen LogP contribution >= 0.6 is 11.6 Å². The Labute approximate surface area is 158 Å². The fourth-order valence-corrected chi connectivity index (χ4v) is 3.48. The number of halogens is 1. The van der Waals surface area contributed by atoms with Crippen LogP contribution in [-0.2, 0) is 20.6 Å². The summed E-state index contributed by atoms with van der Waals surface area (Å²) < 4.78 is 19.2. The zero-order chi connectivity index (χ0) is 18.4. The van der Waals surface area contributed by atoms with E-state index in [9.17, 15) is 0 Å². The molecule has 2 aromatic rings. The molecule has 26 heavy (non-hydrogen) atoms. The number of rotatable bonds is 8. The highest BCUT2D eigenvalue weighted by Gasteiger charge is 2.43. The van der Waals surface area contributed by atoms with Crippen molar-refractivity contribution in [3.63, 3.8) is 0 Å². The van der Waals surface area contributed by atoms with Gasteiger partial charge in [-0.05, 0) is 24.1 Å². The van der Waals surface area contributed by atoms with Gasteiger partial charge in [0.2, 0.25) is 0 Å². The predicted octanol–water partition coefficient (Wildman–Crippen LogP) is 3.30. The Bertz CT molecular complexity index is 685. The molecule has 140 valence electrons. The fourth-order valence-electron chi connectivity index (χ4n) is 3.35. The van der Waals surface area contributed by atoms with Crippen molar-refractivity contribution in [2.24, 2.45) is 5.41 Å². The topological polar surface area (TPSA) is 58.4 Å². The number of hydrogen-bond acceptors (Lipinski definition) is 5. The van der Waals surface area contributed by atoms with Crippen molar-refractivity contribution >= 4 is 11.6 Å². The lowest BCUT2D eigenvalue weighted by molar-refractivity contribution is -0.204. The largest absolute Gasteiger partial charge is 0.371 e. The SMILES string of the molecule is C=CCOC(C(Cc1ccc(Cl)cc1)n1cncn1)C1(C)COCOC1. The van der Waals surface area contributed by atoms with Gasteiger partial charge < -0.3 is 14.2 Å². The number of hydrogen-bond donors (Lipinski definition) is 0. The Morgan fingerprint density at radius 2 is 2.08 bits per heavy atom. The van der Waals surface area contributed by atoms with E-state index < -0.39 is 0 Å². The molecule has 0 radical (unpaired) electrons. The third kappa shape index (κ3) is 4.51. The summed E-state index contributed by atoms with van der Waals surface area (Å²) in [7, 11) is 0. The molecule has 6 nitrogen and oxygen atoms in total. The fraction of sp³-hybridized carbons (Fsp3) is 0.474. The highest BCUT2D eigenvalue weighted by atomic mass is 35.5. The summed E-state index contributed by atoms with van der Waals surface area (Å²) in [5.74, 6) is 0. The summed E-state index contributed by atoms with van der Waals surface area (Å²) in [6.45, 7) is 7.76. The van der Waals surface area contributed by atoms with Crippen molar-refractivity contribution in [2.45, 2.75) is 25.5 Å². The third-order valence-corrected chi connectivity index (χ3v) is 4.85. The quantitative estimate of drug-likeness (QED) is 0.660. The van der Waals surface area contributed by atoms with Crippen LogP contribution in [0.3, 0.4) is 0 Å². The van der Waals surface area contributed by atoms with Gasteiger partial charge in [0, 0.05) is 10.4 Å². The molecule has 3 rings (SSSR count). The number of nitrogens with zero attached hydrogens (tertiary/aromatic N) is 3. The van der Waals surface area contributed by atoms with Gasteiger partial charge in [0.05, 0.1) is 32.0 Å². The number of benzene rings is 1. The molecule has 2 atom stereocenters. The van der Waals surface area contributed by atoms with Crippen LogP contribution in [0, 0.1) is 5.41 Å². The van der Waals surface area contributed by atoms with E-state index in [1.165, 1.54) is 6.33 Å². The van der Waals surface area contributed by atoms with Crippen LogP contribution in [0.15, 0.2) is 49.6 Å². The van der Waals surface area contributed by atoms with E-state index in [-0.39, 0.29) is 17.6 Å². The minimum Gasteiger partial charge on any atom is -0.371 e. The summed E-state index contributed by atoms with van der Waals surface area (Å²) in [5, 5.41) is 5.09. The van der Waals surface area contributed by atoms with E-state index in [0.717, 1.165) is 12.0 Å². The second kappa shape index (κ2) is 8.77. The van der Waals surface area contributed by atoms with Crippen LogP contribution in [-0.4, -0.2) is 47.5 Å². The Hall–Kier alpha value is -1.73. The van der Waals surface area contributed by atoms with E-state index >= 15 is 0 Å². The molecule has 0 N–H and O–H groups in total. The van der Waals surface area contributed by atoms with Gasteiger partial charge in [-0.1, -0.05) is 36.7 Å². The van der Waals surface area contributed by atoms with E-state index in [0.29, 0.717) is 31.6 Å².